The third-order valence-electron chi connectivity index (χ3n) is 3.78. The molecule has 3 rings (SSSR count). The largest absolute Gasteiger partial charge is 0.296 e. The maximum absolute atomic E-state index is 13.3. The Morgan fingerprint density at radius 3 is 2.60 bits per heavy atom. The van der Waals surface area contributed by atoms with Crippen LogP contribution in [-0.2, 0) is 13.0 Å². The summed E-state index contributed by atoms with van der Waals surface area (Å²) in [6, 6.07) is 11.7. The molecular weight excluding hydrogens is 251 g/mol. The second-order valence-electron chi connectivity index (χ2n) is 5.44. The first-order valence-electron chi connectivity index (χ1n) is 7.19. The molecule has 1 aliphatic rings. The van der Waals surface area contributed by atoms with Crippen molar-refractivity contribution in [2.24, 2.45) is 0 Å². The Morgan fingerprint density at radius 2 is 1.90 bits per heavy atom. The van der Waals surface area contributed by atoms with Crippen molar-refractivity contribution in [2.75, 3.05) is 6.54 Å². The zero-order chi connectivity index (χ0) is 13.8. The van der Waals surface area contributed by atoms with Gasteiger partial charge in [0.25, 0.3) is 0 Å². The van der Waals surface area contributed by atoms with Gasteiger partial charge in [0, 0.05) is 31.5 Å². The molecular formula is C17H19FN2. The average Bonchev–Trinajstić information content (AvgIpc) is 3.29. The summed E-state index contributed by atoms with van der Waals surface area (Å²) in [5.74, 6) is -0.146. The van der Waals surface area contributed by atoms with Crippen molar-refractivity contribution >= 4 is 0 Å². The van der Waals surface area contributed by atoms with Crippen LogP contribution in [0.5, 0.6) is 0 Å². The van der Waals surface area contributed by atoms with Crippen molar-refractivity contribution in [2.45, 2.75) is 31.8 Å². The van der Waals surface area contributed by atoms with Gasteiger partial charge in [-0.05, 0) is 54.7 Å². The van der Waals surface area contributed by atoms with Gasteiger partial charge in [0.15, 0.2) is 0 Å². The first-order chi connectivity index (χ1) is 9.81. The van der Waals surface area contributed by atoms with E-state index in [9.17, 15) is 4.39 Å². The highest BCUT2D eigenvalue weighted by Gasteiger charge is 2.28. The standard InChI is InChI=1S/C17H19FN2/c18-16-3-1-2-15(12-16)13-20(17-4-5-17)11-8-14-6-9-19-10-7-14/h1-3,6-7,9-10,12,17H,4-5,8,11,13H2. The molecule has 1 saturated carbocycles. The minimum absolute atomic E-state index is 0.146. The van der Waals surface area contributed by atoms with Crippen molar-refractivity contribution < 1.29 is 4.39 Å². The van der Waals surface area contributed by atoms with Gasteiger partial charge in [-0.3, -0.25) is 9.88 Å². The van der Waals surface area contributed by atoms with Crippen molar-refractivity contribution in [3.8, 4) is 0 Å². The lowest BCUT2D eigenvalue weighted by Crippen LogP contribution is -2.28. The molecule has 1 aromatic carbocycles. The van der Waals surface area contributed by atoms with Gasteiger partial charge in [0.1, 0.15) is 5.82 Å². The second-order valence-corrected chi connectivity index (χ2v) is 5.44. The monoisotopic (exact) mass is 270 g/mol. The van der Waals surface area contributed by atoms with Gasteiger partial charge in [0.05, 0.1) is 0 Å². The number of nitrogens with zero attached hydrogens (tertiary/aromatic N) is 2. The molecule has 1 fully saturated rings. The number of pyridine rings is 1. The minimum atomic E-state index is -0.146. The molecule has 0 atom stereocenters. The normalized spacial score (nSPS) is 14.7. The first-order valence-corrected chi connectivity index (χ1v) is 7.19. The summed E-state index contributed by atoms with van der Waals surface area (Å²) in [5, 5.41) is 0. The van der Waals surface area contributed by atoms with E-state index < -0.39 is 0 Å². The van der Waals surface area contributed by atoms with Crippen LogP contribution in [-0.4, -0.2) is 22.5 Å². The Morgan fingerprint density at radius 1 is 1.10 bits per heavy atom. The van der Waals surface area contributed by atoms with Gasteiger partial charge in [0.2, 0.25) is 0 Å². The van der Waals surface area contributed by atoms with Crippen molar-refractivity contribution in [3.05, 3.63) is 65.7 Å². The zero-order valence-corrected chi connectivity index (χ0v) is 11.5. The lowest BCUT2D eigenvalue weighted by Gasteiger charge is -2.22. The highest BCUT2D eigenvalue weighted by Crippen LogP contribution is 2.28. The maximum Gasteiger partial charge on any atom is 0.123 e. The minimum Gasteiger partial charge on any atom is -0.296 e. The number of halogens is 1. The van der Waals surface area contributed by atoms with E-state index in [1.807, 2.05) is 18.5 Å². The Hall–Kier alpha value is -1.74. The van der Waals surface area contributed by atoms with Crippen molar-refractivity contribution in [1.82, 2.24) is 9.88 Å². The number of benzene rings is 1. The van der Waals surface area contributed by atoms with E-state index in [2.05, 4.69) is 22.0 Å². The summed E-state index contributed by atoms with van der Waals surface area (Å²) in [6.45, 7) is 1.86. The molecule has 0 bridgehead atoms. The molecule has 1 aliphatic carbocycles. The smallest absolute Gasteiger partial charge is 0.123 e. The van der Waals surface area contributed by atoms with E-state index in [4.69, 9.17) is 0 Å². The number of hydrogen-bond donors (Lipinski definition) is 0. The molecule has 2 aromatic rings. The topological polar surface area (TPSA) is 16.1 Å². The molecule has 0 radical (unpaired) electrons. The molecule has 0 spiro atoms. The second kappa shape index (κ2) is 6.14. The van der Waals surface area contributed by atoms with Gasteiger partial charge >= 0.3 is 0 Å². The first kappa shape index (κ1) is 13.3. The van der Waals surface area contributed by atoms with Crippen molar-refractivity contribution in [3.63, 3.8) is 0 Å². The van der Waals surface area contributed by atoms with Gasteiger partial charge in [-0.2, -0.15) is 0 Å². The Kier molecular flexibility index (Phi) is 4.07. The van der Waals surface area contributed by atoms with Crippen LogP contribution < -0.4 is 0 Å². The zero-order valence-electron chi connectivity index (χ0n) is 11.5. The summed E-state index contributed by atoms with van der Waals surface area (Å²) in [4.78, 5) is 6.51. The van der Waals surface area contributed by atoms with Crippen LogP contribution in [0.15, 0.2) is 48.8 Å². The van der Waals surface area contributed by atoms with Crippen LogP contribution in [0.4, 0.5) is 4.39 Å². The summed E-state index contributed by atoms with van der Waals surface area (Å²) in [6.07, 6.45) is 7.23. The fourth-order valence-electron chi connectivity index (χ4n) is 2.52. The lowest BCUT2D eigenvalue weighted by molar-refractivity contribution is 0.257. The van der Waals surface area contributed by atoms with Gasteiger partial charge < -0.3 is 0 Å². The lowest BCUT2D eigenvalue weighted by atomic mass is 10.1. The molecule has 104 valence electrons. The third kappa shape index (κ3) is 3.64. The van der Waals surface area contributed by atoms with Crippen LogP contribution in [0, 0.1) is 5.82 Å². The molecule has 20 heavy (non-hydrogen) atoms. The van der Waals surface area contributed by atoms with E-state index in [1.165, 1.54) is 24.5 Å². The van der Waals surface area contributed by atoms with Gasteiger partial charge in [-0.15, -0.1) is 0 Å². The van der Waals surface area contributed by atoms with Crippen LogP contribution in [0.25, 0.3) is 0 Å². The highest BCUT2D eigenvalue weighted by atomic mass is 19.1. The fourth-order valence-corrected chi connectivity index (χ4v) is 2.52. The summed E-state index contributed by atoms with van der Waals surface area (Å²) >= 11 is 0. The predicted molar refractivity (Wildman–Crippen MR) is 77.8 cm³/mol. The van der Waals surface area contributed by atoms with E-state index in [-0.39, 0.29) is 5.82 Å². The van der Waals surface area contributed by atoms with Crippen LogP contribution in [0.3, 0.4) is 0 Å². The maximum atomic E-state index is 13.3. The van der Waals surface area contributed by atoms with Crippen LogP contribution in [0.2, 0.25) is 0 Å². The summed E-state index contributed by atoms with van der Waals surface area (Å²) in [7, 11) is 0. The Bertz CT molecular complexity index is 552. The van der Waals surface area contributed by atoms with Gasteiger partial charge in [-0.25, -0.2) is 4.39 Å². The molecule has 0 aliphatic heterocycles. The number of aromatic nitrogens is 1. The van der Waals surface area contributed by atoms with Crippen LogP contribution >= 0.6 is 0 Å². The summed E-state index contributed by atoms with van der Waals surface area (Å²) in [5.41, 5.74) is 2.37. The quantitative estimate of drug-likeness (QED) is 0.799. The van der Waals surface area contributed by atoms with E-state index in [1.54, 1.807) is 12.1 Å². The molecule has 0 saturated heterocycles. The highest BCUT2D eigenvalue weighted by molar-refractivity contribution is 5.17. The molecule has 0 amide bonds. The Labute approximate surface area is 119 Å². The molecule has 0 N–H and O–H groups in total. The molecule has 1 aromatic heterocycles. The van der Waals surface area contributed by atoms with Gasteiger partial charge in [-0.1, -0.05) is 12.1 Å². The van der Waals surface area contributed by atoms with Crippen molar-refractivity contribution in [1.29, 1.82) is 0 Å². The van der Waals surface area contributed by atoms with E-state index in [0.717, 1.165) is 25.1 Å². The number of rotatable bonds is 6. The SMILES string of the molecule is Fc1cccc(CN(CCc2ccncc2)C2CC2)c1. The fraction of sp³-hybridized carbons (Fsp3) is 0.353. The average molecular weight is 270 g/mol. The van der Waals surface area contributed by atoms with E-state index >= 15 is 0 Å². The molecule has 0 unspecified atom stereocenters. The number of hydrogen-bond acceptors (Lipinski definition) is 2. The molecule has 3 heteroatoms. The third-order valence-corrected chi connectivity index (χ3v) is 3.78. The molecule has 1 heterocycles. The molecule has 2 nitrogen and oxygen atoms in total. The summed E-state index contributed by atoms with van der Waals surface area (Å²) < 4.78 is 13.3. The van der Waals surface area contributed by atoms with E-state index in [0.29, 0.717) is 6.04 Å². The predicted octanol–water partition coefficient (Wildman–Crippen LogP) is 3.43. The Balaban J connectivity index is 1.61. The van der Waals surface area contributed by atoms with Crippen LogP contribution in [0.1, 0.15) is 24.0 Å².